The molecule has 2 aliphatic heterocycles. The largest absolute Gasteiger partial charge is 0.490 e. The minimum Gasteiger partial charge on any atom is -0.490 e. The molecular formula is C21H32N2O3. The molecule has 5 nitrogen and oxygen atoms in total. The van der Waals surface area contributed by atoms with Crippen LogP contribution in [0.1, 0.15) is 63.7 Å². The van der Waals surface area contributed by atoms with E-state index in [2.05, 4.69) is 38.3 Å². The fourth-order valence-electron chi connectivity index (χ4n) is 4.43. The lowest BCUT2D eigenvalue weighted by molar-refractivity contribution is 0.0667. The monoisotopic (exact) mass is 360 g/mol. The highest BCUT2D eigenvalue weighted by Gasteiger charge is 2.38. The number of ether oxygens (including phenoxy) is 2. The van der Waals surface area contributed by atoms with Gasteiger partial charge in [0.1, 0.15) is 12.4 Å². The van der Waals surface area contributed by atoms with Crippen LogP contribution in [0.4, 0.5) is 0 Å². The number of rotatable bonds is 5. The quantitative estimate of drug-likeness (QED) is 0.846. The van der Waals surface area contributed by atoms with E-state index in [1.54, 1.807) is 0 Å². The maximum atomic E-state index is 12.9. The van der Waals surface area contributed by atoms with Gasteiger partial charge in [0.2, 0.25) is 0 Å². The molecule has 26 heavy (non-hydrogen) atoms. The van der Waals surface area contributed by atoms with Gasteiger partial charge >= 0.3 is 0 Å². The van der Waals surface area contributed by atoms with Crippen LogP contribution in [0.25, 0.3) is 0 Å². The zero-order valence-corrected chi connectivity index (χ0v) is 16.4. The Morgan fingerprint density at radius 2 is 1.92 bits per heavy atom. The molecule has 144 valence electrons. The van der Waals surface area contributed by atoms with Crippen molar-refractivity contribution in [2.75, 3.05) is 13.2 Å². The van der Waals surface area contributed by atoms with Gasteiger partial charge in [0, 0.05) is 23.7 Å². The predicted molar refractivity (Wildman–Crippen MR) is 103 cm³/mol. The van der Waals surface area contributed by atoms with Crippen molar-refractivity contribution in [3.8, 4) is 5.75 Å². The summed E-state index contributed by atoms with van der Waals surface area (Å²) in [7, 11) is 0. The van der Waals surface area contributed by atoms with Crippen LogP contribution in [0.15, 0.2) is 24.3 Å². The number of piperidine rings is 1. The Kier molecular flexibility index (Phi) is 5.58. The van der Waals surface area contributed by atoms with Crippen molar-refractivity contribution in [2.45, 2.75) is 76.6 Å². The maximum Gasteiger partial charge on any atom is 0.255 e. The minimum absolute atomic E-state index is 0.00444. The van der Waals surface area contributed by atoms with Crippen LogP contribution in [0.5, 0.6) is 5.75 Å². The third-order valence-corrected chi connectivity index (χ3v) is 5.11. The molecule has 0 spiro atoms. The lowest BCUT2D eigenvalue weighted by atomic mass is 9.79. The van der Waals surface area contributed by atoms with Gasteiger partial charge in [-0.25, -0.2) is 0 Å². The summed E-state index contributed by atoms with van der Waals surface area (Å²) >= 11 is 0. The molecular weight excluding hydrogens is 328 g/mol. The maximum absolute atomic E-state index is 12.9. The Hall–Kier alpha value is -1.59. The first kappa shape index (κ1) is 19.2. The van der Waals surface area contributed by atoms with Gasteiger partial charge in [0.05, 0.1) is 11.7 Å². The first-order valence-electron chi connectivity index (χ1n) is 9.68. The topological polar surface area (TPSA) is 59.6 Å². The van der Waals surface area contributed by atoms with Crippen LogP contribution >= 0.6 is 0 Å². The first-order valence-corrected chi connectivity index (χ1v) is 9.68. The molecule has 2 N–H and O–H groups in total. The van der Waals surface area contributed by atoms with Crippen LogP contribution in [0.3, 0.4) is 0 Å². The number of benzene rings is 1. The number of amides is 1. The summed E-state index contributed by atoms with van der Waals surface area (Å²) in [5, 5.41) is 6.87. The highest BCUT2D eigenvalue weighted by atomic mass is 16.5. The predicted octanol–water partition coefficient (Wildman–Crippen LogP) is 3.28. The van der Waals surface area contributed by atoms with Crippen molar-refractivity contribution in [1.29, 1.82) is 0 Å². The van der Waals surface area contributed by atoms with Crippen LogP contribution in [-0.2, 0) is 4.74 Å². The normalized spacial score (nSPS) is 25.0. The third kappa shape index (κ3) is 4.98. The second-order valence-corrected chi connectivity index (χ2v) is 8.91. The smallest absolute Gasteiger partial charge is 0.255 e. The second-order valence-electron chi connectivity index (χ2n) is 8.91. The van der Waals surface area contributed by atoms with Gasteiger partial charge in [-0.3, -0.25) is 4.79 Å². The summed E-state index contributed by atoms with van der Waals surface area (Å²) < 4.78 is 11.5. The molecule has 2 heterocycles. The molecule has 1 amide bonds. The zero-order valence-electron chi connectivity index (χ0n) is 16.4. The van der Waals surface area contributed by atoms with E-state index in [-0.39, 0.29) is 29.1 Å². The fraction of sp³-hybridized carbons (Fsp3) is 0.667. The standard InChI is InChI=1S/C21H32N2O3/c1-20(2)12-15(13-21(3,4)23-20)22-19(24)17-9-5-6-10-18(17)26-14-16-8-7-11-25-16/h5-6,9-10,15-16,23H,7-8,11-14H2,1-4H3,(H,22,24). The van der Waals surface area contributed by atoms with Crippen molar-refractivity contribution in [3.05, 3.63) is 29.8 Å². The molecule has 1 atom stereocenters. The molecule has 0 saturated carbocycles. The molecule has 0 bridgehead atoms. The number of nitrogens with one attached hydrogen (secondary N) is 2. The summed E-state index contributed by atoms with van der Waals surface area (Å²) in [6.45, 7) is 10.0. The van der Waals surface area contributed by atoms with E-state index in [1.807, 2.05) is 24.3 Å². The van der Waals surface area contributed by atoms with Crippen LogP contribution < -0.4 is 15.4 Å². The van der Waals surface area contributed by atoms with E-state index in [1.165, 1.54) is 0 Å². The van der Waals surface area contributed by atoms with Crippen LogP contribution in [-0.4, -0.2) is 42.3 Å². The average molecular weight is 360 g/mol. The second kappa shape index (κ2) is 7.57. The fourth-order valence-corrected chi connectivity index (χ4v) is 4.43. The molecule has 5 heteroatoms. The Balaban J connectivity index is 1.65. The number of carbonyl (C=O) groups excluding carboxylic acids is 1. The van der Waals surface area contributed by atoms with E-state index in [0.29, 0.717) is 17.9 Å². The van der Waals surface area contributed by atoms with E-state index in [0.717, 1.165) is 32.3 Å². The molecule has 1 aromatic carbocycles. The summed E-state index contributed by atoms with van der Waals surface area (Å²) in [5.74, 6) is 0.569. The highest BCUT2D eigenvalue weighted by molar-refractivity contribution is 5.97. The molecule has 2 fully saturated rings. The van der Waals surface area contributed by atoms with Crippen molar-refractivity contribution in [1.82, 2.24) is 10.6 Å². The Bertz CT molecular complexity index is 620. The molecule has 3 rings (SSSR count). The van der Waals surface area contributed by atoms with Crippen LogP contribution in [0.2, 0.25) is 0 Å². The van der Waals surface area contributed by atoms with Crippen molar-refractivity contribution in [2.24, 2.45) is 0 Å². The Labute approximate surface area is 156 Å². The number of para-hydroxylation sites is 1. The van der Waals surface area contributed by atoms with Crippen molar-refractivity contribution < 1.29 is 14.3 Å². The van der Waals surface area contributed by atoms with Gasteiger partial charge in [0.15, 0.2) is 0 Å². The number of carbonyl (C=O) groups is 1. The van der Waals surface area contributed by atoms with Crippen LogP contribution in [0, 0.1) is 0 Å². The molecule has 0 aliphatic carbocycles. The van der Waals surface area contributed by atoms with Gasteiger partial charge in [-0.1, -0.05) is 12.1 Å². The van der Waals surface area contributed by atoms with Crippen molar-refractivity contribution >= 4 is 5.91 Å². The van der Waals surface area contributed by atoms with E-state index >= 15 is 0 Å². The molecule has 2 saturated heterocycles. The van der Waals surface area contributed by atoms with Crippen molar-refractivity contribution in [3.63, 3.8) is 0 Å². The lowest BCUT2D eigenvalue weighted by Crippen LogP contribution is -2.62. The zero-order chi connectivity index (χ0) is 18.8. The molecule has 0 radical (unpaired) electrons. The van der Waals surface area contributed by atoms with E-state index < -0.39 is 0 Å². The Morgan fingerprint density at radius 1 is 1.23 bits per heavy atom. The minimum atomic E-state index is -0.0635. The summed E-state index contributed by atoms with van der Waals surface area (Å²) in [6, 6.07) is 7.61. The number of hydrogen-bond donors (Lipinski definition) is 2. The lowest BCUT2D eigenvalue weighted by Gasteiger charge is -2.46. The molecule has 1 unspecified atom stereocenters. The summed E-state index contributed by atoms with van der Waals surface area (Å²) in [6.07, 6.45) is 4.05. The van der Waals surface area contributed by atoms with E-state index in [9.17, 15) is 4.79 Å². The van der Waals surface area contributed by atoms with Gasteiger partial charge < -0.3 is 20.1 Å². The average Bonchev–Trinajstić information content (AvgIpc) is 3.03. The van der Waals surface area contributed by atoms with E-state index in [4.69, 9.17) is 9.47 Å². The molecule has 2 aliphatic rings. The Morgan fingerprint density at radius 3 is 2.58 bits per heavy atom. The highest BCUT2D eigenvalue weighted by Crippen LogP contribution is 2.29. The molecule has 1 aromatic rings. The van der Waals surface area contributed by atoms with Gasteiger partial charge in [-0.15, -0.1) is 0 Å². The molecule has 0 aromatic heterocycles. The SMILES string of the molecule is CC1(C)CC(NC(=O)c2ccccc2OCC2CCCO2)CC(C)(C)N1. The van der Waals surface area contributed by atoms with Gasteiger partial charge in [0.25, 0.3) is 5.91 Å². The van der Waals surface area contributed by atoms with Gasteiger partial charge in [-0.2, -0.15) is 0 Å². The first-order chi connectivity index (χ1) is 12.2. The number of hydrogen-bond acceptors (Lipinski definition) is 4. The van der Waals surface area contributed by atoms with Gasteiger partial charge in [-0.05, 0) is 65.5 Å². The summed E-state index contributed by atoms with van der Waals surface area (Å²) in [5.41, 5.74) is 0.588. The third-order valence-electron chi connectivity index (χ3n) is 5.11. The summed E-state index contributed by atoms with van der Waals surface area (Å²) in [4.78, 5) is 12.9.